The smallest absolute Gasteiger partial charge is 0.337 e. The molecule has 1 heterocycles. The van der Waals surface area contributed by atoms with Crippen molar-refractivity contribution in [2.75, 3.05) is 12.4 Å². The van der Waals surface area contributed by atoms with Crippen LogP contribution in [0.25, 0.3) is 11.3 Å². The average Bonchev–Trinajstić information content (AvgIpc) is 3.08. The molecule has 0 amide bonds. The first kappa shape index (κ1) is 18.1. The van der Waals surface area contributed by atoms with E-state index in [-0.39, 0.29) is 5.97 Å². The van der Waals surface area contributed by atoms with Crippen LogP contribution in [-0.4, -0.2) is 18.1 Å². The van der Waals surface area contributed by atoms with Crippen LogP contribution in [0.5, 0.6) is 0 Å². The number of rotatable bonds is 4. The van der Waals surface area contributed by atoms with E-state index in [0.717, 1.165) is 16.5 Å². The summed E-state index contributed by atoms with van der Waals surface area (Å²) in [4.78, 5) is 16.4. The Hall–Kier alpha value is -2.66. The van der Waals surface area contributed by atoms with Gasteiger partial charge in [-0.2, -0.15) is 0 Å². The van der Waals surface area contributed by atoms with E-state index in [9.17, 15) is 4.79 Å². The van der Waals surface area contributed by atoms with E-state index in [1.54, 1.807) is 23.5 Å². The molecule has 0 spiro atoms. The normalized spacial score (nSPS) is 10.7. The molecule has 1 N–H and O–H groups in total. The minimum absolute atomic E-state index is 0.352. The third-order valence-electron chi connectivity index (χ3n) is 4.66. The van der Waals surface area contributed by atoms with Crippen LogP contribution in [0.1, 0.15) is 32.6 Å². The van der Waals surface area contributed by atoms with Crippen LogP contribution in [0.3, 0.4) is 0 Å². The summed E-state index contributed by atoms with van der Waals surface area (Å²) in [5.41, 5.74) is 8.57. The Kier molecular flexibility index (Phi) is 5.09. The average molecular weight is 366 g/mol. The highest BCUT2D eigenvalue weighted by molar-refractivity contribution is 7.14. The lowest BCUT2D eigenvalue weighted by Crippen LogP contribution is -2.01. The molecule has 26 heavy (non-hydrogen) atoms. The standard InChI is InChI=1S/C21H22N2O2S/c1-12-9-13(2)15(4)19(14(12)3)18-11-26-21(23-18)22-17-8-6-7-16(10-17)20(24)25-5/h6-11H,1-5H3,(H,22,23). The minimum Gasteiger partial charge on any atom is -0.465 e. The summed E-state index contributed by atoms with van der Waals surface area (Å²) in [6.45, 7) is 8.55. The van der Waals surface area contributed by atoms with Crippen LogP contribution in [0.2, 0.25) is 0 Å². The molecular weight excluding hydrogens is 344 g/mol. The number of aryl methyl sites for hydroxylation is 2. The van der Waals surface area contributed by atoms with E-state index in [2.05, 4.69) is 44.5 Å². The first-order chi connectivity index (χ1) is 12.4. The molecule has 5 heteroatoms. The van der Waals surface area contributed by atoms with Gasteiger partial charge in [0.1, 0.15) is 0 Å². The van der Waals surface area contributed by atoms with Gasteiger partial charge in [-0.15, -0.1) is 11.3 Å². The number of carbonyl (C=O) groups excluding carboxylic acids is 1. The van der Waals surface area contributed by atoms with Gasteiger partial charge in [0, 0.05) is 16.6 Å². The number of benzene rings is 2. The number of ether oxygens (including phenoxy) is 1. The fraction of sp³-hybridized carbons (Fsp3) is 0.238. The zero-order chi connectivity index (χ0) is 18.8. The van der Waals surface area contributed by atoms with Gasteiger partial charge in [0.15, 0.2) is 5.13 Å². The van der Waals surface area contributed by atoms with Gasteiger partial charge in [0.2, 0.25) is 0 Å². The van der Waals surface area contributed by atoms with Crippen molar-refractivity contribution in [1.82, 2.24) is 4.98 Å². The van der Waals surface area contributed by atoms with Crippen LogP contribution in [0.15, 0.2) is 35.7 Å². The molecule has 2 aromatic carbocycles. The zero-order valence-corrected chi connectivity index (χ0v) is 16.5. The number of esters is 1. The highest BCUT2D eigenvalue weighted by atomic mass is 32.1. The second kappa shape index (κ2) is 7.30. The number of hydrogen-bond donors (Lipinski definition) is 1. The van der Waals surface area contributed by atoms with Crippen LogP contribution in [0.4, 0.5) is 10.8 Å². The monoisotopic (exact) mass is 366 g/mol. The second-order valence-corrected chi connectivity index (χ2v) is 7.23. The maximum atomic E-state index is 11.7. The molecule has 0 aliphatic heterocycles. The molecular formula is C21H22N2O2S. The topological polar surface area (TPSA) is 51.2 Å². The summed E-state index contributed by atoms with van der Waals surface area (Å²) in [6, 6.07) is 9.44. The summed E-state index contributed by atoms with van der Waals surface area (Å²) in [6.07, 6.45) is 0. The molecule has 0 bridgehead atoms. The SMILES string of the molecule is COC(=O)c1cccc(Nc2nc(-c3c(C)c(C)cc(C)c3C)cs2)c1. The largest absolute Gasteiger partial charge is 0.465 e. The van der Waals surface area contributed by atoms with Crippen molar-refractivity contribution in [2.24, 2.45) is 0 Å². The van der Waals surface area contributed by atoms with Crippen molar-refractivity contribution in [2.45, 2.75) is 27.7 Å². The van der Waals surface area contributed by atoms with Gasteiger partial charge in [0.05, 0.1) is 18.4 Å². The van der Waals surface area contributed by atoms with Crippen molar-refractivity contribution in [3.63, 3.8) is 0 Å². The number of anilines is 2. The first-order valence-corrected chi connectivity index (χ1v) is 9.27. The summed E-state index contributed by atoms with van der Waals surface area (Å²) < 4.78 is 4.77. The van der Waals surface area contributed by atoms with E-state index in [1.807, 2.05) is 12.1 Å². The lowest BCUT2D eigenvalue weighted by atomic mass is 9.93. The van der Waals surface area contributed by atoms with Gasteiger partial charge in [0.25, 0.3) is 0 Å². The fourth-order valence-corrected chi connectivity index (χ4v) is 3.73. The predicted octanol–water partition coefficient (Wildman–Crippen LogP) is 5.57. The lowest BCUT2D eigenvalue weighted by Gasteiger charge is -2.13. The Labute approximate surface area is 157 Å². The van der Waals surface area contributed by atoms with Crippen molar-refractivity contribution in [3.05, 3.63) is 63.5 Å². The fourth-order valence-electron chi connectivity index (χ4n) is 3.01. The highest BCUT2D eigenvalue weighted by Crippen LogP contribution is 2.34. The molecule has 1 aromatic heterocycles. The molecule has 0 radical (unpaired) electrons. The zero-order valence-electron chi connectivity index (χ0n) is 15.6. The third-order valence-corrected chi connectivity index (χ3v) is 5.42. The number of methoxy groups -OCH3 is 1. The molecule has 4 nitrogen and oxygen atoms in total. The number of aromatic nitrogens is 1. The van der Waals surface area contributed by atoms with Gasteiger partial charge in [-0.05, 0) is 68.1 Å². The molecule has 0 fully saturated rings. The quantitative estimate of drug-likeness (QED) is 0.613. The molecule has 134 valence electrons. The van der Waals surface area contributed by atoms with E-state index >= 15 is 0 Å². The van der Waals surface area contributed by atoms with Gasteiger partial charge in [-0.3, -0.25) is 0 Å². The van der Waals surface area contributed by atoms with Crippen LogP contribution >= 0.6 is 11.3 Å². The van der Waals surface area contributed by atoms with Gasteiger partial charge >= 0.3 is 5.97 Å². The van der Waals surface area contributed by atoms with Crippen molar-refractivity contribution >= 4 is 28.1 Å². The van der Waals surface area contributed by atoms with E-state index in [4.69, 9.17) is 9.72 Å². The number of thiazole rings is 1. The van der Waals surface area contributed by atoms with Gasteiger partial charge < -0.3 is 10.1 Å². The Morgan fingerprint density at radius 2 is 1.77 bits per heavy atom. The molecule has 3 aromatic rings. The van der Waals surface area contributed by atoms with Crippen molar-refractivity contribution in [3.8, 4) is 11.3 Å². The predicted molar refractivity (Wildman–Crippen MR) is 108 cm³/mol. The summed E-state index contributed by atoms with van der Waals surface area (Å²) >= 11 is 1.55. The third kappa shape index (κ3) is 3.48. The highest BCUT2D eigenvalue weighted by Gasteiger charge is 2.14. The van der Waals surface area contributed by atoms with Crippen LogP contribution in [0, 0.1) is 27.7 Å². The van der Waals surface area contributed by atoms with Gasteiger partial charge in [-0.1, -0.05) is 12.1 Å². The minimum atomic E-state index is -0.352. The molecule has 0 aliphatic rings. The Balaban J connectivity index is 1.92. The van der Waals surface area contributed by atoms with E-state index < -0.39 is 0 Å². The summed E-state index contributed by atoms with van der Waals surface area (Å²) in [5, 5.41) is 6.14. The summed E-state index contributed by atoms with van der Waals surface area (Å²) in [5.74, 6) is -0.352. The number of carbonyl (C=O) groups is 1. The molecule has 0 atom stereocenters. The molecule has 0 saturated carbocycles. The van der Waals surface area contributed by atoms with Gasteiger partial charge in [-0.25, -0.2) is 9.78 Å². The van der Waals surface area contributed by atoms with E-state index in [1.165, 1.54) is 34.9 Å². The molecule has 0 saturated heterocycles. The Morgan fingerprint density at radius 1 is 1.08 bits per heavy atom. The number of nitrogens with one attached hydrogen (secondary N) is 1. The van der Waals surface area contributed by atoms with Crippen LogP contribution in [-0.2, 0) is 4.74 Å². The number of hydrogen-bond acceptors (Lipinski definition) is 5. The molecule has 0 aliphatic carbocycles. The van der Waals surface area contributed by atoms with Crippen molar-refractivity contribution < 1.29 is 9.53 Å². The van der Waals surface area contributed by atoms with E-state index in [0.29, 0.717) is 5.56 Å². The van der Waals surface area contributed by atoms with Crippen molar-refractivity contribution in [1.29, 1.82) is 0 Å². The Bertz CT molecular complexity index is 950. The lowest BCUT2D eigenvalue weighted by molar-refractivity contribution is 0.0601. The number of nitrogens with zero attached hydrogens (tertiary/aromatic N) is 1. The maximum Gasteiger partial charge on any atom is 0.337 e. The maximum absolute atomic E-state index is 11.7. The Morgan fingerprint density at radius 3 is 2.42 bits per heavy atom. The summed E-state index contributed by atoms with van der Waals surface area (Å²) in [7, 11) is 1.38. The van der Waals surface area contributed by atoms with Crippen LogP contribution < -0.4 is 5.32 Å². The molecule has 3 rings (SSSR count). The molecule has 0 unspecified atom stereocenters. The second-order valence-electron chi connectivity index (χ2n) is 6.37. The first-order valence-electron chi connectivity index (χ1n) is 8.39.